The van der Waals surface area contributed by atoms with E-state index in [1.54, 1.807) is 27.9 Å². The van der Waals surface area contributed by atoms with Crippen molar-refractivity contribution >= 4 is 22.3 Å². The number of carbonyl (C=O) groups excluding carboxylic acids is 1. The van der Waals surface area contributed by atoms with E-state index in [2.05, 4.69) is 15.2 Å². The van der Waals surface area contributed by atoms with E-state index in [9.17, 15) is 23.1 Å². The maximum absolute atomic E-state index is 13.4. The molecule has 2 saturated heterocycles. The van der Waals surface area contributed by atoms with Crippen LogP contribution in [0.25, 0.3) is 27.7 Å². The Balaban J connectivity index is 1.46. The normalized spacial score (nSPS) is 22.7. The predicted octanol–water partition coefficient (Wildman–Crippen LogP) is 3.44. The molecule has 6 heterocycles. The van der Waals surface area contributed by atoms with E-state index in [-0.39, 0.29) is 29.2 Å². The van der Waals surface area contributed by atoms with Gasteiger partial charge in [-0.1, -0.05) is 6.07 Å². The summed E-state index contributed by atoms with van der Waals surface area (Å²) in [4.78, 5) is 19.4. The second-order valence-electron chi connectivity index (χ2n) is 9.02. The predicted molar refractivity (Wildman–Crippen MR) is 116 cm³/mol. The summed E-state index contributed by atoms with van der Waals surface area (Å²) in [6, 6.07) is 6.67. The Morgan fingerprint density at radius 3 is 2.62 bits per heavy atom. The number of hydrogen-bond acceptors (Lipinski definition) is 5. The van der Waals surface area contributed by atoms with Crippen molar-refractivity contribution in [1.82, 2.24) is 29.3 Å². The van der Waals surface area contributed by atoms with Crippen molar-refractivity contribution in [2.24, 2.45) is 0 Å². The molecule has 2 atom stereocenters. The number of aliphatic hydroxyl groups excluding tert-OH is 1. The molecule has 2 fully saturated rings. The smallest absolute Gasteiger partial charge is 0.393 e. The highest BCUT2D eigenvalue weighted by atomic mass is 19.4. The monoisotopic (exact) mass is 470 g/mol. The average Bonchev–Trinajstić information content (AvgIpc) is 3.44. The van der Waals surface area contributed by atoms with Gasteiger partial charge in [0, 0.05) is 35.4 Å². The number of pyridine rings is 2. The molecular weight excluding hydrogens is 449 g/mol. The third kappa shape index (κ3) is 3.42. The number of halogens is 3. The number of amides is 1. The highest BCUT2D eigenvalue weighted by molar-refractivity contribution is 6.01. The van der Waals surface area contributed by atoms with Gasteiger partial charge in [0.25, 0.3) is 5.91 Å². The molecule has 1 N–H and O–H groups in total. The molecule has 1 amide bonds. The van der Waals surface area contributed by atoms with Crippen molar-refractivity contribution < 1.29 is 23.1 Å². The van der Waals surface area contributed by atoms with Gasteiger partial charge < -0.3 is 10.0 Å². The van der Waals surface area contributed by atoms with Crippen LogP contribution in [-0.2, 0) is 6.54 Å². The molecule has 0 aliphatic carbocycles. The Hall–Kier alpha value is -3.47. The van der Waals surface area contributed by atoms with Crippen LogP contribution < -0.4 is 0 Å². The van der Waals surface area contributed by atoms with Crippen LogP contribution in [0, 0.1) is 0 Å². The molecule has 0 saturated carbocycles. The van der Waals surface area contributed by atoms with E-state index >= 15 is 0 Å². The maximum atomic E-state index is 13.4. The van der Waals surface area contributed by atoms with E-state index in [0.29, 0.717) is 35.0 Å². The second-order valence-corrected chi connectivity index (χ2v) is 9.02. The third-order valence-corrected chi connectivity index (χ3v) is 6.81. The first-order valence-electron chi connectivity index (χ1n) is 11.2. The molecule has 0 aromatic carbocycles. The van der Waals surface area contributed by atoms with Crippen LogP contribution in [0.15, 0.2) is 42.9 Å². The first-order valence-corrected chi connectivity index (χ1v) is 11.2. The number of carbonyl (C=O) groups is 1. The standard InChI is InChI=1S/C23H21F3N6O2/c24-23(25,26)12-31-20-9-18(22(34)32-13-4-5-14(32)8-15(33)7-13)27-10-16(20)21(29-31)17-11-28-30-6-2-1-3-19(17)30/h1-3,6,9-11,13-15,33H,4-5,7-8,12H2. The Kier molecular flexibility index (Phi) is 4.67. The number of piperidine rings is 1. The number of fused-ring (bicyclic) bond motifs is 4. The van der Waals surface area contributed by atoms with Crippen LogP contribution >= 0.6 is 0 Å². The highest BCUT2D eigenvalue weighted by Crippen LogP contribution is 2.37. The van der Waals surface area contributed by atoms with Crippen LogP contribution in [0.2, 0.25) is 0 Å². The molecule has 8 nitrogen and oxygen atoms in total. The lowest BCUT2D eigenvalue weighted by atomic mass is 9.99. The van der Waals surface area contributed by atoms with Gasteiger partial charge in [-0.15, -0.1) is 0 Å². The minimum Gasteiger partial charge on any atom is -0.393 e. The quantitative estimate of drug-likeness (QED) is 0.496. The molecule has 4 aromatic heterocycles. The summed E-state index contributed by atoms with van der Waals surface area (Å²) in [5.74, 6) is -0.321. The molecule has 11 heteroatoms. The lowest BCUT2D eigenvalue weighted by molar-refractivity contribution is -0.141. The van der Waals surface area contributed by atoms with Crippen molar-refractivity contribution in [3.8, 4) is 11.3 Å². The Labute approximate surface area is 191 Å². The molecule has 2 aliphatic rings. The van der Waals surface area contributed by atoms with Crippen molar-refractivity contribution in [1.29, 1.82) is 0 Å². The van der Waals surface area contributed by atoms with Gasteiger partial charge in [0.2, 0.25) is 0 Å². The van der Waals surface area contributed by atoms with Gasteiger partial charge in [-0.25, -0.2) is 4.52 Å². The summed E-state index contributed by atoms with van der Waals surface area (Å²) in [7, 11) is 0. The fourth-order valence-corrected chi connectivity index (χ4v) is 5.40. The molecular formula is C23H21F3N6O2. The van der Waals surface area contributed by atoms with E-state index in [1.807, 2.05) is 12.1 Å². The Bertz CT molecular complexity index is 1400. The van der Waals surface area contributed by atoms with Gasteiger partial charge >= 0.3 is 6.18 Å². The van der Waals surface area contributed by atoms with Gasteiger partial charge in [-0.2, -0.15) is 23.4 Å². The first kappa shape index (κ1) is 21.1. The van der Waals surface area contributed by atoms with Crippen molar-refractivity contribution in [3.63, 3.8) is 0 Å². The van der Waals surface area contributed by atoms with Crippen LogP contribution in [-0.4, -0.2) is 64.7 Å². The first-order chi connectivity index (χ1) is 16.3. The van der Waals surface area contributed by atoms with Crippen molar-refractivity contribution in [3.05, 3.63) is 48.5 Å². The number of rotatable bonds is 3. The van der Waals surface area contributed by atoms with Crippen molar-refractivity contribution in [2.45, 2.75) is 56.6 Å². The molecule has 0 spiro atoms. The summed E-state index contributed by atoms with van der Waals surface area (Å²) in [6.07, 6.45) is 2.43. The van der Waals surface area contributed by atoms with Crippen LogP contribution in [0.4, 0.5) is 13.2 Å². The molecule has 6 rings (SSSR count). The van der Waals surface area contributed by atoms with Crippen LogP contribution in [0.1, 0.15) is 36.2 Å². The minimum atomic E-state index is -4.49. The molecule has 176 valence electrons. The second kappa shape index (κ2) is 7.52. The topological polar surface area (TPSA) is 88.6 Å². The summed E-state index contributed by atoms with van der Waals surface area (Å²) >= 11 is 0. The summed E-state index contributed by atoms with van der Waals surface area (Å²) in [6.45, 7) is -1.29. The van der Waals surface area contributed by atoms with Crippen molar-refractivity contribution in [2.75, 3.05) is 0 Å². The molecule has 2 aliphatic heterocycles. The highest BCUT2D eigenvalue weighted by Gasteiger charge is 2.43. The molecule has 34 heavy (non-hydrogen) atoms. The number of nitrogens with zero attached hydrogens (tertiary/aromatic N) is 6. The number of aliphatic hydroxyl groups is 1. The molecule has 2 unspecified atom stereocenters. The zero-order valence-corrected chi connectivity index (χ0v) is 18.0. The fraction of sp³-hybridized carbons (Fsp3) is 0.391. The van der Waals surface area contributed by atoms with Crippen LogP contribution in [0.3, 0.4) is 0 Å². The lowest BCUT2D eigenvalue weighted by Gasteiger charge is -2.37. The summed E-state index contributed by atoms with van der Waals surface area (Å²) in [5.41, 5.74) is 1.87. The van der Waals surface area contributed by atoms with E-state index in [0.717, 1.165) is 17.5 Å². The number of hydrogen-bond donors (Lipinski definition) is 1. The average molecular weight is 470 g/mol. The van der Waals surface area contributed by atoms with E-state index in [4.69, 9.17) is 0 Å². The third-order valence-electron chi connectivity index (χ3n) is 6.81. The Morgan fingerprint density at radius 1 is 1.12 bits per heavy atom. The lowest BCUT2D eigenvalue weighted by Crippen LogP contribution is -2.48. The largest absolute Gasteiger partial charge is 0.408 e. The maximum Gasteiger partial charge on any atom is 0.408 e. The fourth-order valence-electron chi connectivity index (χ4n) is 5.40. The zero-order chi connectivity index (χ0) is 23.6. The minimum absolute atomic E-state index is 0.0758. The van der Waals surface area contributed by atoms with E-state index < -0.39 is 18.8 Å². The van der Waals surface area contributed by atoms with Gasteiger partial charge in [0.15, 0.2) is 0 Å². The van der Waals surface area contributed by atoms with Gasteiger partial charge in [-0.3, -0.25) is 14.5 Å². The van der Waals surface area contributed by atoms with Gasteiger partial charge in [0.1, 0.15) is 17.9 Å². The summed E-state index contributed by atoms with van der Waals surface area (Å²) < 4.78 is 42.6. The molecule has 0 radical (unpaired) electrons. The van der Waals surface area contributed by atoms with Crippen LogP contribution in [0.5, 0.6) is 0 Å². The van der Waals surface area contributed by atoms with Gasteiger partial charge in [-0.05, 0) is 43.9 Å². The molecule has 2 bridgehead atoms. The molecule has 4 aromatic rings. The Morgan fingerprint density at radius 2 is 1.88 bits per heavy atom. The zero-order valence-electron chi connectivity index (χ0n) is 18.0. The number of alkyl halides is 3. The van der Waals surface area contributed by atoms with Gasteiger partial charge in [0.05, 0.1) is 23.3 Å². The number of aromatic nitrogens is 5. The van der Waals surface area contributed by atoms with E-state index in [1.165, 1.54) is 12.3 Å². The SMILES string of the molecule is O=C(c1cc2c(cn1)c(-c1cnn3ccccc13)nn2CC(F)(F)F)N1C2CCC1CC(O)C2. The summed E-state index contributed by atoms with van der Waals surface area (Å²) in [5, 5.41) is 19.0.